The summed E-state index contributed by atoms with van der Waals surface area (Å²) in [6.45, 7) is 10.1. The van der Waals surface area contributed by atoms with Crippen LogP contribution in [0, 0.1) is 0 Å². The van der Waals surface area contributed by atoms with E-state index in [-0.39, 0.29) is 17.5 Å². The quantitative estimate of drug-likeness (QED) is 0.870. The first-order valence-corrected chi connectivity index (χ1v) is 9.16. The lowest BCUT2D eigenvalue weighted by Gasteiger charge is -2.33. The van der Waals surface area contributed by atoms with Gasteiger partial charge in [0.2, 0.25) is 5.89 Å². The zero-order chi connectivity index (χ0) is 19.6. The van der Waals surface area contributed by atoms with Crippen molar-refractivity contribution in [3.05, 3.63) is 24.1 Å². The highest BCUT2D eigenvalue weighted by atomic mass is 16.6. The Morgan fingerprint density at radius 2 is 1.85 bits per heavy atom. The van der Waals surface area contributed by atoms with E-state index >= 15 is 0 Å². The molecule has 1 aromatic heterocycles. The van der Waals surface area contributed by atoms with Crippen LogP contribution in [-0.4, -0.2) is 59.7 Å². The fraction of sp³-hybridized carbons (Fsp3) is 0.526. The Labute approximate surface area is 158 Å². The molecule has 1 aliphatic heterocycles. The lowest BCUT2D eigenvalue weighted by atomic mass is 9.97. The standard InChI is InChI=1S/C19H26N4O4/c1-5-26-18(25)23-10-8-22(9-11-23)17(24)20-13-6-7-15-14(12-13)21-16(27-15)19(2,3)4/h6-7,12H,5,8-11H2,1-4H3,(H,20,24). The van der Waals surface area contributed by atoms with Gasteiger partial charge in [0, 0.05) is 37.3 Å². The van der Waals surface area contributed by atoms with Crippen molar-refractivity contribution in [2.45, 2.75) is 33.1 Å². The zero-order valence-corrected chi connectivity index (χ0v) is 16.2. The molecule has 1 N–H and O–H groups in total. The summed E-state index contributed by atoms with van der Waals surface area (Å²) in [5.41, 5.74) is 1.89. The monoisotopic (exact) mass is 374 g/mol. The molecule has 2 heterocycles. The Morgan fingerprint density at radius 1 is 1.19 bits per heavy atom. The van der Waals surface area contributed by atoms with Gasteiger partial charge in [-0.3, -0.25) is 0 Å². The summed E-state index contributed by atoms with van der Waals surface area (Å²) in [5, 5.41) is 2.89. The van der Waals surface area contributed by atoms with Crippen LogP contribution < -0.4 is 5.32 Å². The summed E-state index contributed by atoms with van der Waals surface area (Å²) in [4.78, 5) is 32.1. The molecule has 27 heavy (non-hydrogen) atoms. The van der Waals surface area contributed by atoms with Gasteiger partial charge in [0.25, 0.3) is 0 Å². The van der Waals surface area contributed by atoms with Crippen molar-refractivity contribution >= 4 is 28.9 Å². The molecule has 1 aromatic carbocycles. The summed E-state index contributed by atoms with van der Waals surface area (Å²) in [6, 6.07) is 5.22. The number of fused-ring (bicyclic) bond motifs is 1. The fourth-order valence-corrected chi connectivity index (χ4v) is 2.84. The predicted octanol–water partition coefficient (Wildman–Crippen LogP) is 3.43. The van der Waals surface area contributed by atoms with Gasteiger partial charge in [0.1, 0.15) is 5.52 Å². The van der Waals surface area contributed by atoms with Gasteiger partial charge < -0.3 is 24.3 Å². The SMILES string of the molecule is CCOC(=O)N1CCN(C(=O)Nc2ccc3oc(C(C)(C)C)nc3c2)CC1. The van der Waals surface area contributed by atoms with Crippen LogP contribution in [0.2, 0.25) is 0 Å². The third-order valence-corrected chi connectivity index (χ3v) is 4.37. The number of nitrogens with one attached hydrogen (secondary N) is 1. The maximum atomic E-state index is 12.5. The summed E-state index contributed by atoms with van der Waals surface area (Å²) < 4.78 is 10.8. The lowest BCUT2D eigenvalue weighted by Crippen LogP contribution is -2.51. The first-order chi connectivity index (χ1) is 12.8. The number of carbonyl (C=O) groups excluding carboxylic acids is 2. The number of nitrogens with zero attached hydrogens (tertiary/aromatic N) is 3. The number of rotatable bonds is 2. The molecule has 0 bridgehead atoms. The third kappa shape index (κ3) is 4.32. The normalized spacial score (nSPS) is 15.1. The van der Waals surface area contributed by atoms with Gasteiger partial charge in [0.15, 0.2) is 5.58 Å². The third-order valence-electron chi connectivity index (χ3n) is 4.37. The van der Waals surface area contributed by atoms with E-state index in [0.717, 1.165) is 0 Å². The number of oxazole rings is 1. The number of urea groups is 1. The minimum atomic E-state index is -0.330. The van der Waals surface area contributed by atoms with Gasteiger partial charge in [-0.25, -0.2) is 14.6 Å². The number of benzene rings is 1. The molecule has 1 saturated heterocycles. The summed E-state index contributed by atoms with van der Waals surface area (Å²) in [5.74, 6) is 0.663. The Bertz CT molecular complexity index is 832. The number of aromatic nitrogens is 1. The van der Waals surface area contributed by atoms with Crippen molar-refractivity contribution in [3.63, 3.8) is 0 Å². The van der Waals surface area contributed by atoms with Gasteiger partial charge in [-0.1, -0.05) is 20.8 Å². The second-order valence-electron chi connectivity index (χ2n) is 7.55. The van der Waals surface area contributed by atoms with Crippen molar-refractivity contribution in [2.24, 2.45) is 0 Å². The topological polar surface area (TPSA) is 87.9 Å². The summed E-state index contributed by atoms with van der Waals surface area (Å²) in [6.07, 6.45) is -0.330. The van der Waals surface area contributed by atoms with Crippen LogP contribution in [0.4, 0.5) is 15.3 Å². The molecular formula is C19H26N4O4. The lowest BCUT2D eigenvalue weighted by molar-refractivity contribution is 0.0868. The van der Waals surface area contributed by atoms with Gasteiger partial charge in [-0.05, 0) is 25.1 Å². The van der Waals surface area contributed by atoms with Crippen LogP contribution in [0.15, 0.2) is 22.6 Å². The van der Waals surface area contributed by atoms with Crippen molar-refractivity contribution in [2.75, 3.05) is 38.1 Å². The minimum Gasteiger partial charge on any atom is -0.450 e. The molecule has 0 unspecified atom stereocenters. The molecule has 8 heteroatoms. The Hall–Kier alpha value is -2.77. The highest BCUT2D eigenvalue weighted by molar-refractivity contribution is 5.91. The smallest absolute Gasteiger partial charge is 0.409 e. The number of amides is 3. The van der Waals surface area contributed by atoms with Crippen LogP contribution >= 0.6 is 0 Å². The Morgan fingerprint density at radius 3 is 2.48 bits per heavy atom. The van der Waals surface area contributed by atoms with Crippen LogP contribution in [0.3, 0.4) is 0 Å². The average Bonchev–Trinajstić information content (AvgIpc) is 3.06. The van der Waals surface area contributed by atoms with E-state index in [9.17, 15) is 9.59 Å². The molecule has 0 atom stereocenters. The molecule has 8 nitrogen and oxygen atoms in total. The predicted molar refractivity (Wildman–Crippen MR) is 102 cm³/mol. The molecule has 1 fully saturated rings. The van der Waals surface area contributed by atoms with E-state index < -0.39 is 0 Å². The van der Waals surface area contributed by atoms with Gasteiger partial charge in [-0.2, -0.15) is 0 Å². The average molecular weight is 374 g/mol. The van der Waals surface area contributed by atoms with Crippen LogP contribution in [0.5, 0.6) is 0 Å². The number of carbonyl (C=O) groups is 2. The molecular weight excluding hydrogens is 348 g/mol. The van der Waals surface area contributed by atoms with E-state index in [2.05, 4.69) is 10.3 Å². The van der Waals surface area contributed by atoms with Gasteiger partial charge in [0.05, 0.1) is 6.61 Å². The summed E-state index contributed by atoms with van der Waals surface area (Å²) in [7, 11) is 0. The first-order valence-electron chi connectivity index (χ1n) is 9.16. The largest absolute Gasteiger partial charge is 0.450 e. The van der Waals surface area contributed by atoms with E-state index in [1.54, 1.807) is 28.9 Å². The molecule has 0 spiro atoms. The van der Waals surface area contributed by atoms with Gasteiger partial charge >= 0.3 is 12.1 Å². The van der Waals surface area contributed by atoms with Crippen molar-refractivity contribution in [1.29, 1.82) is 0 Å². The first kappa shape index (κ1) is 19.0. The number of ether oxygens (including phenoxy) is 1. The Kier molecular flexibility index (Phi) is 5.25. The molecule has 2 aromatic rings. The highest BCUT2D eigenvalue weighted by Crippen LogP contribution is 2.27. The highest BCUT2D eigenvalue weighted by Gasteiger charge is 2.25. The van der Waals surface area contributed by atoms with Crippen molar-refractivity contribution in [1.82, 2.24) is 14.8 Å². The van der Waals surface area contributed by atoms with Crippen molar-refractivity contribution < 1.29 is 18.7 Å². The van der Waals surface area contributed by atoms with Crippen LogP contribution in [0.25, 0.3) is 11.1 Å². The van der Waals surface area contributed by atoms with Crippen molar-refractivity contribution in [3.8, 4) is 0 Å². The van der Waals surface area contributed by atoms with Crippen LogP contribution in [-0.2, 0) is 10.2 Å². The maximum Gasteiger partial charge on any atom is 0.409 e. The Balaban J connectivity index is 1.62. The van der Waals surface area contributed by atoms with E-state index in [0.29, 0.717) is 55.5 Å². The van der Waals surface area contributed by atoms with E-state index in [1.807, 2.05) is 26.8 Å². The molecule has 3 rings (SSSR count). The number of anilines is 1. The minimum absolute atomic E-state index is 0.180. The number of hydrogen-bond donors (Lipinski definition) is 1. The van der Waals surface area contributed by atoms with E-state index in [4.69, 9.17) is 9.15 Å². The maximum absolute atomic E-state index is 12.5. The second kappa shape index (κ2) is 7.46. The molecule has 0 aliphatic carbocycles. The summed E-state index contributed by atoms with van der Waals surface area (Å²) >= 11 is 0. The van der Waals surface area contributed by atoms with Crippen LogP contribution in [0.1, 0.15) is 33.6 Å². The molecule has 0 saturated carbocycles. The molecule has 1 aliphatic rings. The number of piperazine rings is 1. The molecule has 146 valence electrons. The number of hydrogen-bond acceptors (Lipinski definition) is 5. The second-order valence-corrected chi connectivity index (χ2v) is 7.55. The fourth-order valence-electron chi connectivity index (χ4n) is 2.84. The molecule has 0 radical (unpaired) electrons. The van der Waals surface area contributed by atoms with E-state index in [1.165, 1.54) is 0 Å². The molecule has 3 amide bonds. The zero-order valence-electron chi connectivity index (χ0n) is 16.2. The van der Waals surface area contributed by atoms with Gasteiger partial charge in [-0.15, -0.1) is 0 Å².